The summed E-state index contributed by atoms with van der Waals surface area (Å²) in [6, 6.07) is 9.82. The van der Waals surface area contributed by atoms with Crippen molar-refractivity contribution in [1.29, 1.82) is 0 Å². The van der Waals surface area contributed by atoms with Crippen molar-refractivity contribution in [3.8, 4) is 0 Å². The molecule has 1 aliphatic heterocycles. The Morgan fingerprint density at radius 3 is 2.41 bits per heavy atom. The fraction of sp³-hybridized carbons (Fsp3) is 0.417. The van der Waals surface area contributed by atoms with Crippen molar-refractivity contribution >= 4 is 49.1 Å². The Kier molecular flexibility index (Phi) is 7.89. The number of aromatic nitrogens is 1. The zero-order chi connectivity index (χ0) is 24.3. The number of hydrogen-bond acceptors (Lipinski definition) is 5. The highest BCUT2D eigenvalue weighted by atomic mass is 35.5. The zero-order valence-electron chi connectivity index (χ0n) is 19.3. The molecule has 1 saturated heterocycles. The molecule has 7 nitrogen and oxygen atoms in total. The van der Waals surface area contributed by atoms with Crippen LogP contribution in [-0.2, 0) is 21.3 Å². The Morgan fingerprint density at radius 2 is 1.76 bits per heavy atom. The fourth-order valence-corrected chi connectivity index (χ4v) is 6.93. The summed E-state index contributed by atoms with van der Waals surface area (Å²) in [7, 11) is -1.94. The van der Waals surface area contributed by atoms with Gasteiger partial charge < -0.3 is 9.30 Å². The van der Waals surface area contributed by atoms with E-state index in [0.717, 1.165) is 41.5 Å². The number of carbonyl (C=O) groups is 1. The van der Waals surface area contributed by atoms with Gasteiger partial charge in [-0.2, -0.15) is 9.30 Å². The molecule has 1 fully saturated rings. The average Bonchev–Trinajstić information content (AvgIpc) is 2.99. The monoisotopic (exact) mass is 521 g/mol. The van der Waals surface area contributed by atoms with Crippen LogP contribution in [0.5, 0.6) is 0 Å². The van der Waals surface area contributed by atoms with E-state index in [1.165, 1.54) is 35.6 Å². The lowest BCUT2D eigenvalue weighted by Crippen LogP contribution is -2.31. The van der Waals surface area contributed by atoms with Gasteiger partial charge in [0.05, 0.1) is 21.7 Å². The summed E-state index contributed by atoms with van der Waals surface area (Å²) in [6.07, 6.45) is 3.85. The van der Waals surface area contributed by atoms with Gasteiger partial charge >= 0.3 is 0 Å². The normalized spacial score (nSPS) is 16.1. The van der Waals surface area contributed by atoms with E-state index in [-0.39, 0.29) is 4.90 Å². The number of aryl methyl sites for hydroxylation is 1. The molecule has 0 aliphatic carbocycles. The van der Waals surface area contributed by atoms with Crippen LogP contribution in [0.25, 0.3) is 10.2 Å². The molecule has 3 aromatic rings. The first-order valence-electron chi connectivity index (χ1n) is 11.3. The van der Waals surface area contributed by atoms with Crippen LogP contribution in [-0.4, -0.2) is 50.0 Å². The minimum Gasteiger partial charge on any atom is -0.383 e. The smallest absolute Gasteiger partial charge is 0.279 e. The van der Waals surface area contributed by atoms with Gasteiger partial charge in [0.25, 0.3) is 5.91 Å². The first-order valence-corrected chi connectivity index (χ1v) is 13.9. The highest BCUT2D eigenvalue weighted by molar-refractivity contribution is 7.89. The van der Waals surface area contributed by atoms with Gasteiger partial charge in [-0.25, -0.2) is 8.42 Å². The molecule has 0 spiro atoms. The molecule has 0 bridgehead atoms. The molecule has 34 heavy (non-hydrogen) atoms. The fourth-order valence-electron chi connectivity index (χ4n) is 4.14. The highest BCUT2D eigenvalue weighted by Gasteiger charge is 2.25. The number of thiazole rings is 1. The number of hydrogen-bond donors (Lipinski definition) is 0. The van der Waals surface area contributed by atoms with Crippen LogP contribution in [0.1, 0.15) is 41.6 Å². The van der Waals surface area contributed by atoms with Gasteiger partial charge in [0.15, 0.2) is 4.80 Å². The molecule has 10 heteroatoms. The number of benzene rings is 2. The van der Waals surface area contributed by atoms with E-state index < -0.39 is 15.9 Å². The van der Waals surface area contributed by atoms with E-state index in [2.05, 4.69) is 4.99 Å². The van der Waals surface area contributed by atoms with Crippen molar-refractivity contribution < 1.29 is 17.9 Å². The Balaban J connectivity index is 1.66. The third-order valence-electron chi connectivity index (χ3n) is 6.05. The van der Waals surface area contributed by atoms with Crippen molar-refractivity contribution in [3.05, 3.63) is 57.3 Å². The predicted molar refractivity (Wildman–Crippen MR) is 135 cm³/mol. The molecule has 0 saturated carbocycles. The van der Waals surface area contributed by atoms with Gasteiger partial charge in [0.1, 0.15) is 0 Å². The molecule has 4 rings (SSSR count). The van der Waals surface area contributed by atoms with Crippen molar-refractivity contribution in [3.63, 3.8) is 0 Å². The van der Waals surface area contributed by atoms with Crippen LogP contribution < -0.4 is 4.80 Å². The standard InChI is InChI=1S/C24H28ClN3O4S2/c1-17-20(25)11-12-21-22(17)28(15-16-32-2)24(33-21)26-23(29)18-7-9-19(10-8-18)34(30,31)27-13-5-3-4-6-14-27/h7-12H,3-6,13-16H2,1-2H3. The van der Waals surface area contributed by atoms with Gasteiger partial charge in [0, 0.05) is 37.3 Å². The number of carbonyl (C=O) groups excluding carboxylic acids is 1. The summed E-state index contributed by atoms with van der Waals surface area (Å²) < 4.78 is 35.7. The number of ether oxygens (including phenoxy) is 1. The Bertz CT molecular complexity index is 1350. The number of rotatable bonds is 6. The number of fused-ring (bicyclic) bond motifs is 1. The second kappa shape index (κ2) is 10.7. The molecule has 2 aromatic carbocycles. The van der Waals surface area contributed by atoms with E-state index in [1.54, 1.807) is 11.4 Å². The van der Waals surface area contributed by atoms with E-state index in [9.17, 15) is 13.2 Å². The van der Waals surface area contributed by atoms with Crippen molar-refractivity contribution in [2.24, 2.45) is 4.99 Å². The number of halogens is 1. The predicted octanol–water partition coefficient (Wildman–Crippen LogP) is 4.62. The summed E-state index contributed by atoms with van der Waals surface area (Å²) in [5.74, 6) is -0.430. The molecule has 1 aliphatic rings. The molecular formula is C24H28ClN3O4S2. The first kappa shape index (κ1) is 25.1. The molecule has 2 heterocycles. The van der Waals surface area contributed by atoms with Gasteiger partial charge in [-0.3, -0.25) is 4.79 Å². The maximum Gasteiger partial charge on any atom is 0.279 e. The quantitative estimate of drug-likeness (QED) is 0.474. The second-order valence-corrected chi connectivity index (χ2v) is 11.7. The van der Waals surface area contributed by atoms with Crippen molar-refractivity contribution in [2.75, 3.05) is 26.8 Å². The van der Waals surface area contributed by atoms with Crippen LogP contribution in [0.4, 0.5) is 0 Å². The topological polar surface area (TPSA) is 81.0 Å². The van der Waals surface area contributed by atoms with Crippen molar-refractivity contribution in [2.45, 2.75) is 44.0 Å². The largest absolute Gasteiger partial charge is 0.383 e. The van der Waals surface area contributed by atoms with Crippen LogP contribution in [0.15, 0.2) is 46.3 Å². The molecule has 0 unspecified atom stereocenters. The average molecular weight is 522 g/mol. The van der Waals surface area contributed by atoms with E-state index in [0.29, 0.717) is 41.6 Å². The molecule has 0 atom stereocenters. The molecule has 1 amide bonds. The minimum atomic E-state index is -3.57. The summed E-state index contributed by atoms with van der Waals surface area (Å²) >= 11 is 7.74. The zero-order valence-corrected chi connectivity index (χ0v) is 21.7. The summed E-state index contributed by atoms with van der Waals surface area (Å²) in [6.45, 7) is 4.00. The van der Waals surface area contributed by atoms with Gasteiger partial charge in [-0.1, -0.05) is 35.8 Å². The van der Waals surface area contributed by atoms with Gasteiger partial charge in [-0.05, 0) is 61.7 Å². The van der Waals surface area contributed by atoms with Crippen LogP contribution in [0, 0.1) is 6.92 Å². The summed E-state index contributed by atoms with van der Waals surface area (Å²) in [5, 5.41) is 0.649. The second-order valence-electron chi connectivity index (χ2n) is 8.31. The Morgan fingerprint density at radius 1 is 1.09 bits per heavy atom. The van der Waals surface area contributed by atoms with E-state index in [1.807, 2.05) is 23.6 Å². The van der Waals surface area contributed by atoms with Crippen molar-refractivity contribution in [1.82, 2.24) is 8.87 Å². The Hall–Kier alpha value is -2.04. The summed E-state index contributed by atoms with van der Waals surface area (Å²) in [5.41, 5.74) is 2.18. The molecular weight excluding hydrogens is 494 g/mol. The van der Waals surface area contributed by atoms with E-state index >= 15 is 0 Å². The molecule has 0 N–H and O–H groups in total. The lowest BCUT2D eigenvalue weighted by Gasteiger charge is -2.19. The van der Waals surface area contributed by atoms with Gasteiger partial charge in [-0.15, -0.1) is 0 Å². The molecule has 1 aromatic heterocycles. The maximum absolute atomic E-state index is 13.0. The maximum atomic E-state index is 13.0. The lowest BCUT2D eigenvalue weighted by molar-refractivity contribution is 0.0997. The lowest BCUT2D eigenvalue weighted by atomic mass is 10.2. The minimum absolute atomic E-state index is 0.202. The number of nitrogens with zero attached hydrogens (tertiary/aromatic N) is 3. The number of sulfonamides is 1. The van der Waals surface area contributed by atoms with Gasteiger partial charge in [0.2, 0.25) is 10.0 Å². The third kappa shape index (κ3) is 5.13. The van der Waals surface area contributed by atoms with E-state index in [4.69, 9.17) is 16.3 Å². The summed E-state index contributed by atoms with van der Waals surface area (Å²) in [4.78, 5) is 18.1. The third-order valence-corrected chi connectivity index (χ3v) is 9.42. The van der Waals surface area contributed by atoms with Crippen LogP contribution >= 0.6 is 22.9 Å². The molecule has 182 valence electrons. The van der Waals surface area contributed by atoms with Crippen LogP contribution in [0.2, 0.25) is 5.02 Å². The SMILES string of the molecule is COCCn1c(=NC(=O)c2ccc(S(=O)(=O)N3CCCCCC3)cc2)sc2ccc(Cl)c(C)c21. The molecule has 0 radical (unpaired) electrons. The highest BCUT2D eigenvalue weighted by Crippen LogP contribution is 2.27. The number of amides is 1. The number of methoxy groups -OCH3 is 1. The van der Waals surface area contributed by atoms with Crippen LogP contribution in [0.3, 0.4) is 0 Å². The Labute approximate surface area is 208 Å². The first-order chi connectivity index (χ1) is 16.3.